The van der Waals surface area contributed by atoms with Crippen molar-refractivity contribution in [1.82, 2.24) is 19.9 Å². The van der Waals surface area contributed by atoms with E-state index in [0.29, 0.717) is 27.7 Å². The van der Waals surface area contributed by atoms with Crippen molar-refractivity contribution in [3.05, 3.63) is 105 Å². The molecule has 2 N–H and O–H groups in total. The number of carbonyl (C=O) groups is 2. The van der Waals surface area contributed by atoms with E-state index in [1.807, 2.05) is 48.5 Å². The number of hydrogen-bond acceptors (Lipinski definition) is 7. The number of aromatic nitrogens is 3. The maximum absolute atomic E-state index is 14.0. The van der Waals surface area contributed by atoms with Crippen molar-refractivity contribution < 1.29 is 14.3 Å². The third-order valence-corrected chi connectivity index (χ3v) is 7.59. The van der Waals surface area contributed by atoms with Gasteiger partial charge in [-0.05, 0) is 72.4 Å². The second-order valence-electron chi connectivity index (χ2n) is 11.3. The first kappa shape index (κ1) is 30.0. The van der Waals surface area contributed by atoms with Gasteiger partial charge in [0.2, 0.25) is 5.95 Å². The second kappa shape index (κ2) is 12.4. The Balaban J connectivity index is 1.49. The van der Waals surface area contributed by atoms with Crippen molar-refractivity contribution in [2.24, 2.45) is 7.05 Å². The van der Waals surface area contributed by atoms with Crippen molar-refractivity contribution in [1.29, 1.82) is 0 Å². The Hall–Kier alpha value is -4.51. The van der Waals surface area contributed by atoms with Gasteiger partial charge in [0.05, 0.1) is 18.2 Å². The number of ether oxygens (including phenoxy) is 1. The zero-order valence-electron chi connectivity index (χ0n) is 24.4. The summed E-state index contributed by atoms with van der Waals surface area (Å²) >= 11 is 3.48. The van der Waals surface area contributed by atoms with Gasteiger partial charge in [0.25, 0.3) is 11.5 Å². The lowest BCUT2D eigenvalue weighted by Gasteiger charge is -2.25. The highest BCUT2D eigenvalue weighted by atomic mass is 79.9. The van der Waals surface area contributed by atoms with E-state index < -0.39 is 11.7 Å². The number of fused-ring (bicyclic) bond motifs is 1. The first-order chi connectivity index (χ1) is 20.5. The van der Waals surface area contributed by atoms with Crippen LogP contribution in [0, 0.1) is 0 Å². The fourth-order valence-electron chi connectivity index (χ4n) is 4.96. The lowest BCUT2D eigenvalue weighted by Crippen LogP contribution is -2.44. The van der Waals surface area contributed by atoms with E-state index in [0.717, 1.165) is 11.1 Å². The molecule has 5 rings (SSSR count). The molecule has 1 aliphatic rings. The predicted molar refractivity (Wildman–Crippen MR) is 169 cm³/mol. The smallest absolute Gasteiger partial charge is 0.407 e. The number of alkyl carbamates (subject to hydrolysis) is 1. The summed E-state index contributed by atoms with van der Waals surface area (Å²) in [6, 6.07) is 18.4. The van der Waals surface area contributed by atoms with Crippen LogP contribution in [0.4, 0.5) is 16.4 Å². The van der Waals surface area contributed by atoms with Gasteiger partial charge in [-0.3, -0.25) is 24.0 Å². The average Bonchev–Trinajstić information content (AvgIpc) is 3.30. The van der Waals surface area contributed by atoms with Crippen LogP contribution < -0.4 is 21.1 Å². The Kier molecular flexibility index (Phi) is 8.63. The number of benzene rings is 2. The fraction of sp³-hybridized carbons (Fsp3) is 0.281. The highest BCUT2D eigenvalue weighted by Crippen LogP contribution is 2.35. The standard InChI is InChI=1S/C32H33BrN6O4/c1-32(2,3)43-31(42)36-23(17-20-9-6-5-7-10-20)18-35-30-37-26(21-13-15-34-16-14-21)27(29(41)38(30)4)39-19-22-11-8-12-24(33)25(22)28(39)40/h5-16,23H,17-19H2,1-4H3,(H,35,37)(H,36,42). The number of amides is 2. The van der Waals surface area contributed by atoms with Crippen molar-refractivity contribution in [3.63, 3.8) is 0 Å². The normalized spacial score (nSPS) is 13.4. The quantitative estimate of drug-likeness (QED) is 0.267. The summed E-state index contributed by atoms with van der Waals surface area (Å²) in [6.45, 7) is 5.92. The molecule has 0 radical (unpaired) electrons. The predicted octanol–water partition coefficient (Wildman–Crippen LogP) is 5.31. The van der Waals surface area contributed by atoms with Crippen molar-refractivity contribution in [2.75, 3.05) is 16.8 Å². The number of anilines is 2. The Morgan fingerprint density at radius 1 is 1.05 bits per heavy atom. The monoisotopic (exact) mass is 644 g/mol. The van der Waals surface area contributed by atoms with Crippen LogP contribution in [0.5, 0.6) is 0 Å². The molecule has 0 bridgehead atoms. The zero-order valence-corrected chi connectivity index (χ0v) is 26.0. The number of hydrogen-bond donors (Lipinski definition) is 2. The molecular weight excluding hydrogens is 612 g/mol. The van der Waals surface area contributed by atoms with Crippen LogP contribution in [-0.2, 0) is 24.8 Å². The Morgan fingerprint density at radius 3 is 2.44 bits per heavy atom. The van der Waals surface area contributed by atoms with E-state index in [1.54, 1.807) is 52.3 Å². The third-order valence-electron chi connectivity index (χ3n) is 6.93. The topological polar surface area (TPSA) is 118 Å². The van der Waals surface area contributed by atoms with Gasteiger partial charge in [0.1, 0.15) is 17.0 Å². The molecule has 0 aliphatic carbocycles. The van der Waals surface area contributed by atoms with Crippen molar-refractivity contribution in [3.8, 4) is 11.3 Å². The summed E-state index contributed by atoms with van der Waals surface area (Å²) < 4.78 is 7.56. The molecule has 0 saturated carbocycles. The van der Waals surface area contributed by atoms with Gasteiger partial charge in [-0.2, -0.15) is 0 Å². The SMILES string of the molecule is Cn1c(NCC(Cc2ccccc2)NC(=O)OC(C)(C)C)nc(-c2ccncc2)c(N2Cc3cccc(Br)c3C2=O)c1=O. The van der Waals surface area contributed by atoms with Gasteiger partial charge in [0.15, 0.2) is 0 Å². The molecule has 0 saturated heterocycles. The molecule has 2 aromatic heterocycles. The van der Waals surface area contributed by atoms with E-state index in [2.05, 4.69) is 31.5 Å². The van der Waals surface area contributed by atoms with Crippen LogP contribution in [0.15, 0.2) is 82.3 Å². The molecule has 222 valence electrons. The minimum atomic E-state index is -0.655. The van der Waals surface area contributed by atoms with Crippen molar-refractivity contribution in [2.45, 2.75) is 45.4 Å². The zero-order chi connectivity index (χ0) is 30.7. The Bertz CT molecular complexity index is 1700. The van der Waals surface area contributed by atoms with Crippen LogP contribution in [0.1, 0.15) is 42.3 Å². The van der Waals surface area contributed by atoms with E-state index in [-0.39, 0.29) is 42.2 Å². The summed E-state index contributed by atoms with van der Waals surface area (Å²) in [6.07, 6.45) is 3.21. The molecule has 1 atom stereocenters. The molecule has 0 spiro atoms. The number of nitrogens with one attached hydrogen (secondary N) is 2. The van der Waals surface area contributed by atoms with Gasteiger partial charge < -0.3 is 15.4 Å². The van der Waals surface area contributed by atoms with Gasteiger partial charge in [-0.1, -0.05) is 42.5 Å². The number of rotatable bonds is 8. The Labute approximate surface area is 258 Å². The lowest BCUT2D eigenvalue weighted by molar-refractivity contribution is 0.0506. The van der Waals surface area contributed by atoms with Crippen LogP contribution in [-0.4, -0.2) is 44.7 Å². The molecule has 10 nitrogen and oxygen atoms in total. The highest BCUT2D eigenvalue weighted by molar-refractivity contribution is 9.10. The second-order valence-corrected chi connectivity index (χ2v) is 12.2. The third kappa shape index (κ3) is 6.77. The summed E-state index contributed by atoms with van der Waals surface area (Å²) in [7, 11) is 1.61. The lowest BCUT2D eigenvalue weighted by atomic mass is 10.1. The van der Waals surface area contributed by atoms with Crippen LogP contribution >= 0.6 is 15.9 Å². The van der Waals surface area contributed by atoms with Crippen LogP contribution in [0.2, 0.25) is 0 Å². The first-order valence-electron chi connectivity index (χ1n) is 13.9. The molecule has 4 aromatic rings. The Morgan fingerprint density at radius 2 is 1.77 bits per heavy atom. The fourth-order valence-corrected chi connectivity index (χ4v) is 5.54. The maximum atomic E-state index is 14.0. The summed E-state index contributed by atoms with van der Waals surface area (Å²) in [4.78, 5) is 50.7. The highest BCUT2D eigenvalue weighted by Gasteiger charge is 2.35. The summed E-state index contributed by atoms with van der Waals surface area (Å²) in [5, 5.41) is 6.21. The van der Waals surface area contributed by atoms with Gasteiger partial charge in [-0.25, -0.2) is 9.78 Å². The van der Waals surface area contributed by atoms with Gasteiger partial charge in [0, 0.05) is 36.0 Å². The largest absolute Gasteiger partial charge is 0.444 e. The van der Waals surface area contributed by atoms with E-state index in [4.69, 9.17) is 9.72 Å². The molecule has 2 amide bonds. The van der Waals surface area contributed by atoms with Gasteiger partial charge in [-0.15, -0.1) is 0 Å². The molecule has 11 heteroatoms. The molecular formula is C32H33BrN6O4. The van der Waals surface area contributed by atoms with Crippen LogP contribution in [0.25, 0.3) is 11.3 Å². The molecule has 1 unspecified atom stereocenters. The summed E-state index contributed by atoms with van der Waals surface area (Å²) in [5.41, 5.74) is 2.51. The number of nitrogens with zero attached hydrogens (tertiary/aromatic N) is 4. The minimum Gasteiger partial charge on any atom is -0.444 e. The molecule has 43 heavy (non-hydrogen) atoms. The molecule has 1 aliphatic heterocycles. The number of carbonyl (C=O) groups excluding carboxylic acids is 2. The van der Waals surface area contributed by atoms with Gasteiger partial charge >= 0.3 is 6.09 Å². The maximum Gasteiger partial charge on any atom is 0.407 e. The number of halogens is 1. The molecule has 0 fully saturated rings. The average molecular weight is 646 g/mol. The summed E-state index contributed by atoms with van der Waals surface area (Å²) in [5.74, 6) is 0.0110. The van der Waals surface area contributed by atoms with E-state index >= 15 is 0 Å². The van der Waals surface area contributed by atoms with E-state index in [1.165, 1.54) is 9.47 Å². The minimum absolute atomic E-state index is 0.181. The molecule has 2 aromatic carbocycles. The van der Waals surface area contributed by atoms with Crippen LogP contribution in [0.3, 0.4) is 0 Å². The van der Waals surface area contributed by atoms with E-state index in [9.17, 15) is 14.4 Å². The van der Waals surface area contributed by atoms with Crippen molar-refractivity contribution >= 4 is 39.6 Å². The first-order valence-corrected chi connectivity index (χ1v) is 14.7. The molecule has 3 heterocycles. The number of pyridine rings is 1.